The van der Waals surface area contributed by atoms with Gasteiger partial charge in [-0.1, -0.05) is 165 Å². The molecule has 8 aromatic carbocycles. The monoisotopic (exact) mass is 797 g/mol. The van der Waals surface area contributed by atoms with Crippen LogP contribution in [0.3, 0.4) is 0 Å². The largest absolute Gasteiger partial charge is 0.456 e. The summed E-state index contributed by atoms with van der Waals surface area (Å²) in [6.07, 6.45) is 6.26. The first-order chi connectivity index (χ1) is 30.7. The van der Waals surface area contributed by atoms with Crippen LogP contribution in [0.2, 0.25) is 0 Å². The Morgan fingerprint density at radius 2 is 0.855 bits per heavy atom. The Morgan fingerprint density at radius 3 is 1.55 bits per heavy atom. The second-order valence-electron chi connectivity index (χ2n) is 16.9. The average molecular weight is 798 g/mol. The first-order valence-electron chi connectivity index (χ1n) is 21.7. The van der Waals surface area contributed by atoms with Crippen LogP contribution in [0.5, 0.6) is 0 Å². The molecule has 1 saturated carbocycles. The van der Waals surface area contributed by atoms with Crippen molar-refractivity contribution in [1.29, 1.82) is 0 Å². The summed E-state index contributed by atoms with van der Waals surface area (Å²) in [4.78, 5) is 15.7. The number of fused-ring (bicyclic) bond motifs is 11. The van der Waals surface area contributed by atoms with Crippen LogP contribution in [0, 0.1) is 0 Å². The second kappa shape index (κ2) is 13.7. The quantitative estimate of drug-likeness (QED) is 0.174. The highest BCUT2D eigenvalue weighted by Gasteiger charge is 2.45. The van der Waals surface area contributed by atoms with E-state index in [-0.39, 0.29) is 5.41 Å². The summed E-state index contributed by atoms with van der Waals surface area (Å²) in [5, 5.41) is 4.01. The third-order valence-corrected chi connectivity index (χ3v) is 13.6. The van der Waals surface area contributed by atoms with Gasteiger partial charge in [0.05, 0.1) is 0 Å². The molecule has 3 aromatic heterocycles. The van der Waals surface area contributed by atoms with Gasteiger partial charge in [0.15, 0.2) is 17.5 Å². The fourth-order valence-electron chi connectivity index (χ4n) is 10.8. The summed E-state index contributed by atoms with van der Waals surface area (Å²) in [5.74, 6) is 1.76. The van der Waals surface area contributed by atoms with Crippen LogP contribution in [-0.2, 0) is 5.41 Å². The highest BCUT2D eigenvalue weighted by molar-refractivity contribution is 6.13. The van der Waals surface area contributed by atoms with Crippen molar-refractivity contribution in [3.05, 3.63) is 187 Å². The normalized spacial score (nSPS) is 14.3. The van der Waals surface area contributed by atoms with Gasteiger partial charge in [-0.25, -0.2) is 15.0 Å². The lowest BCUT2D eigenvalue weighted by Gasteiger charge is -2.37. The van der Waals surface area contributed by atoms with Crippen LogP contribution in [0.4, 0.5) is 0 Å². The lowest BCUT2D eigenvalue weighted by Crippen LogP contribution is -2.28. The molecule has 3 heterocycles. The molecule has 5 heteroatoms. The second-order valence-corrected chi connectivity index (χ2v) is 16.9. The van der Waals surface area contributed by atoms with E-state index in [0.717, 1.165) is 66.1 Å². The highest BCUT2D eigenvalue weighted by Crippen LogP contribution is 2.58. The van der Waals surface area contributed by atoms with Gasteiger partial charge >= 0.3 is 0 Å². The molecule has 0 N–H and O–H groups in total. The van der Waals surface area contributed by atoms with Crippen LogP contribution in [-0.4, -0.2) is 15.0 Å². The molecule has 13 rings (SSSR count). The number of rotatable bonds is 5. The number of furan rings is 2. The van der Waals surface area contributed by atoms with Crippen LogP contribution in [0.15, 0.2) is 185 Å². The molecule has 0 aliphatic heterocycles. The van der Waals surface area contributed by atoms with E-state index in [2.05, 4.69) is 115 Å². The van der Waals surface area contributed by atoms with Crippen molar-refractivity contribution >= 4 is 43.9 Å². The zero-order valence-corrected chi connectivity index (χ0v) is 33.9. The van der Waals surface area contributed by atoms with Crippen LogP contribution in [0.1, 0.15) is 43.2 Å². The number of nitrogens with zero attached hydrogens (tertiary/aromatic N) is 3. The zero-order chi connectivity index (χ0) is 40.8. The van der Waals surface area contributed by atoms with E-state index in [4.69, 9.17) is 23.8 Å². The van der Waals surface area contributed by atoms with Crippen molar-refractivity contribution in [3.8, 4) is 67.5 Å². The van der Waals surface area contributed by atoms with Crippen molar-refractivity contribution in [2.75, 3.05) is 0 Å². The lowest BCUT2D eigenvalue weighted by atomic mass is 9.66. The molecular weight excluding hydrogens is 759 g/mol. The van der Waals surface area contributed by atoms with Gasteiger partial charge in [0.25, 0.3) is 0 Å². The van der Waals surface area contributed by atoms with E-state index in [9.17, 15) is 0 Å². The molecule has 1 fully saturated rings. The van der Waals surface area contributed by atoms with Gasteiger partial charge in [-0.15, -0.1) is 0 Å². The van der Waals surface area contributed by atoms with Gasteiger partial charge in [0, 0.05) is 43.7 Å². The van der Waals surface area contributed by atoms with Gasteiger partial charge in [-0.2, -0.15) is 0 Å². The Morgan fingerprint density at radius 1 is 0.355 bits per heavy atom. The first kappa shape index (κ1) is 35.2. The predicted molar refractivity (Wildman–Crippen MR) is 251 cm³/mol. The molecule has 294 valence electrons. The fourth-order valence-corrected chi connectivity index (χ4v) is 10.8. The first-order valence-corrected chi connectivity index (χ1v) is 21.7. The summed E-state index contributed by atoms with van der Waals surface area (Å²) in [5.41, 5.74) is 16.8. The van der Waals surface area contributed by atoms with Crippen molar-refractivity contribution in [2.24, 2.45) is 0 Å². The summed E-state index contributed by atoms with van der Waals surface area (Å²) < 4.78 is 12.6. The molecule has 0 radical (unpaired) electrons. The van der Waals surface area contributed by atoms with Crippen LogP contribution >= 0.6 is 0 Å². The Bertz CT molecular complexity index is 3440. The van der Waals surface area contributed by atoms with Crippen molar-refractivity contribution < 1.29 is 8.83 Å². The van der Waals surface area contributed by atoms with E-state index in [0.29, 0.717) is 17.5 Å². The van der Waals surface area contributed by atoms with Gasteiger partial charge < -0.3 is 8.83 Å². The van der Waals surface area contributed by atoms with Gasteiger partial charge in [-0.05, 0) is 87.7 Å². The third kappa shape index (κ3) is 5.31. The Labute approximate surface area is 358 Å². The summed E-state index contributed by atoms with van der Waals surface area (Å²) >= 11 is 0. The van der Waals surface area contributed by atoms with Gasteiger partial charge in [0.1, 0.15) is 22.3 Å². The average Bonchev–Trinajstić information content (AvgIpc) is 4.00. The van der Waals surface area contributed by atoms with Crippen molar-refractivity contribution in [1.82, 2.24) is 15.0 Å². The van der Waals surface area contributed by atoms with E-state index in [1.807, 2.05) is 60.7 Å². The van der Waals surface area contributed by atoms with E-state index in [1.165, 1.54) is 71.0 Å². The molecule has 5 nitrogen and oxygen atoms in total. The number of benzene rings is 8. The molecule has 2 aliphatic rings. The Hall–Kier alpha value is -7.63. The predicted octanol–water partition coefficient (Wildman–Crippen LogP) is 15.2. The molecular formula is C57H39N3O2. The SMILES string of the molecule is c1cc(-c2ccc(-c3nc(-c4cccc5oc6ccccc6c45)nc(-c4cccc5oc6ccccc6c45)n3)cc2)cc(-c2cccc3c2C2(CCCCC2)c2ccccc2-3)c1. The standard InChI is InChI=1S/C57H39N3O2/c1-8-32-57(33-9-1)46-23-5-2-16-40(46)41-20-11-19-39(53(41)57)38-15-10-14-37(34-38)35-28-30-36(31-29-35)54-58-55(44-21-12-26-49-51(44)42-17-3-6-24-47(42)61-49)60-56(59-54)45-22-13-27-50-52(45)43-18-4-7-25-48(43)62-50/h2-7,10-31,34H,1,8-9,32-33H2. The van der Waals surface area contributed by atoms with Crippen LogP contribution < -0.4 is 0 Å². The zero-order valence-electron chi connectivity index (χ0n) is 33.9. The molecule has 1 spiro atoms. The number of aromatic nitrogens is 3. The maximum atomic E-state index is 6.31. The number of hydrogen-bond donors (Lipinski definition) is 0. The van der Waals surface area contributed by atoms with Gasteiger partial charge in [0.2, 0.25) is 0 Å². The summed E-state index contributed by atoms with van der Waals surface area (Å²) in [7, 11) is 0. The molecule has 62 heavy (non-hydrogen) atoms. The highest BCUT2D eigenvalue weighted by atomic mass is 16.3. The minimum Gasteiger partial charge on any atom is -0.456 e. The van der Waals surface area contributed by atoms with Crippen molar-refractivity contribution in [3.63, 3.8) is 0 Å². The van der Waals surface area contributed by atoms with E-state index < -0.39 is 0 Å². The van der Waals surface area contributed by atoms with E-state index >= 15 is 0 Å². The third-order valence-electron chi connectivity index (χ3n) is 13.6. The molecule has 0 atom stereocenters. The summed E-state index contributed by atoms with van der Waals surface area (Å²) in [6.45, 7) is 0. The maximum absolute atomic E-state index is 6.31. The topological polar surface area (TPSA) is 65.0 Å². The Kier molecular flexibility index (Phi) is 7.77. The molecule has 0 bridgehead atoms. The fraction of sp³-hybridized carbons (Fsp3) is 0.105. The minimum absolute atomic E-state index is 0.0765. The molecule has 2 aliphatic carbocycles. The summed E-state index contributed by atoms with van der Waals surface area (Å²) in [6, 6.07) is 62.3. The molecule has 0 unspecified atom stereocenters. The Balaban J connectivity index is 0.937. The van der Waals surface area contributed by atoms with E-state index in [1.54, 1.807) is 0 Å². The molecule has 0 saturated heterocycles. The molecule has 11 aromatic rings. The van der Waals surface area contributed by atoms with Crippen LogP contribution in [0.25, 0.3) is 111 Å². The van der Waals surface area contributed by atoms with Gasteiger partial charge in [-0.3, -0.25) is 0 Å². The number of para-hydroxylation sites is 2. The maximum Gasteiger partial charge on any atom is 0.164 e. The lowest BCUT2D eigenvalue weighted by molar-refractivity contribution is 0.353. The molecule has 0 amide bonds. The number of hydrogen-bond acceptors (Lipinski definition) is 5. The van der Waals surface area contributed by atoms with Crippen molar-refractivity contribution in [2.45, 2.75) is 37.5 Å². The smallest absolute Gasteiger partial charge is 0.164 e. The minimum atomic E-state index is 0.0765.